The fourth-order valence-corrected chi connectivity index (χ4v) is 4.70. The summed E-state index contributed by atoms with van der Waals surface area (Å²) in [6.07, 6.45) is 0.849. The largest absolute Gasteiger partial charge is 0.372 e. The van der Waals surface area contributed by atoms with Gasteiger partial charge in [0, 0.05) is 50.6 Å². The maximum Gasteiger partial charge on any atom is 0.238 e. The van der Waals surface area contributed by atoms with Gasteiger partial charge in [0.15, 0.2) is 0 Å². The molecular formula is C27H36N4O3. The molecule has 2 amide bonds. The summed E-state index contributed by atoms with van der Waals surface area (Å²) in [6, 6.07) is 16.1. The van der Waals surface area contributed by atoms with Gasteiger partial charge in [0.2, 0.25) is 11.8 Å². The first-order valence-electron chi connectivity index (χ1n) is 12.2. The summed E-state index contributed by atoms with van der Waals surface area (Å²) < 4.78 is 5.81. The van der Waals surface area contributed by atoms with Gasteiger partial charge in [-0.05, 0) is 50.6 Å². The first-order valence-corrected chi connectivity index (χ1v) is 12.2. The quantitative estimate of drug-likeness (QED) is 0.712. The zero-order chi connectivity index (χ0) is 24.1. The number of anilines is 2. The number of hydrogen-bond acceptors (Lipinski definition) is 5. The second-order valence-corrected chi connectivity index (χ2v) is 9.58. The zero-order valence-corrected chi connectivity index (χ0v) is 20.5. The number of morpholine rings is 1. The monoisotopic (exact) mass is 464 g/mol. The molecule has 0 saturated carbocycles. The fraction of sp³-hybridized carbons (Fsp3) is 0.481. The van der Waals surface area contributed by atoms with Crippen LogP contribution in [0.4, 0.5) is 11.4 Å². The van der Waals surface area contributed by atoms with E-state index < -0.39 is 0 Å². The van der Waals surface area contributed by atoms with E-state index in [0.29, 0.717) is 39.1 Å². The molecule has 34 heavy (non-hydrogen) atoms. The molecule has 0 bridgehead atoms. The van der Waals surface area contributed by atoms with Gasteiger partial charge in [-0.2, -0.15) is 0 Å². The van der Waals surface area contributed by atoms with Gasteiger partial charge in [0.1, 0.15) is 0 Å². The fourth-order valence-electron chi connectivity index (χ4n) is 4.70. The average Bonchev–Trinajstić information content (AvgIpc) is 2.81. The molecule has 1 N–H and O–H groups in total. The number of amides is 2. The van der Waals surface area contributed by atoms with Crippen LogP contribution in [0, 0.1) is 6.92 Å². The van der Waals surface area contributed by atoms with Gasteiger partial charge in [-0.15, -0.1) is 0 Å². The number of rotatable bonds is 6. The Bertz CT molecular complexity index is 958. The van der Waals surface area contributed by atoms with Crippen LogP contribution < -0.4 is 10.2 Å². The van der Waals surface area contributed by atoms with E-state index in [2.05, 4.69) is 41.1 Å². The third kappa shape index (κ3) is 6.58. The summed E-state index contributed by atoms with van der Waals surface area (Å²) in [5, 5.41) is 3.00. The van der Waals surface area contributed by atoms with Crippen molar-refractivity contribution in [2.75, 3.05) is 56.0 Å². The lowest BCUT2D eigenvalue weighted by Crippen LogP contribution is -2.50. The smallest absolute Gasteiger partial charge is 0.238 e. The van der Waals surface area contributed by atoms with Gasteiger partial charge in [0.05, 0.1) is 25.2 Å². The maximum absolute atomic E-state index is 12.6. The van der Waals surface area contributed by atoms with Crippen LogP contribution in [-0.2, 0) is 20.7 Å². The van der Waals surface area contributed by atoms with Crippen LogP contribution in [0.25, 0.3) is 0 Å². The van der Waals surface area contributed by atoms with Gasteiger partial charge in [-0.3, -0.25) is 14.5 Å². The Hall–Kier alpha value is -2.90. The minimum absolute atomic E-state index is 0.0270. The third-order valence-corrected chi connectivity index (χ3v) is 6.50. The van der Waals surface area contributed by atoms with E-state index >= 15 is 0 Å². The lowest BCUT2D eigenvalue weighted by molar-refractivity contribution is -0.132. The Kier molecular flexibility index (Phi) is 7.85. The molecule has 2 aromatic rings. The SMILES string of the molecule is Cc1ccc(CC(=O)N2CCN(CC(=O)Nc3ccc(N4CC(C)OC(C)C4)cc3)CC2)cc1. The molecule has 7 nitrogen and oxygen atoms in total. The molecule has 0 aliphatic carbocycles. The Morgan fingerprint density at radius 3 is 2.15 bits per heavy atom. The highest BCUT2D eigenvalue weighted by Gasteiger charge is 2.24. The summed E-state index contributed by atoms with van der Waals surface area (Å²) in [5.41, 5.74) is 4.18. The summed E-state index contributed by atoms with van der Waals surface area (Å²) in [5.74, 6) is 0.123. The number of carbonyl (C=O) groups is 2. The number of aryl methyl sites for hydroxylation is 1. The van der Waals surface area contributed by atoms with Crippen molar-refractivity contribution in [2.45, 2.75) is 39.4 Å². The van der Waals surface area contributed by atoms with E-state index in [-0.39, 0.29) is 24.0 Å². The maximum atomic E-state index is 12.6. The van der Waals surface area contributed by atoms with Crippen molar-refractivity contribution in [2.24, 2.45) is 0 Å². The predicted molar refractivity (Wildman–Crippen MR) is 135 cm³/mol. The molecule has 2 aromatic carbocycles. The molecule has 2 unspecified atom stereocenters. The van der Waals surface area contributed by atoms with Crippen molar-refractivity contribution in [3.8, 4) is 0 Å². The van der Waals surface area contributed by atoms with Crippen LogP contribution in [-0.4, -0.2) is 79.6 Å². The van der Waals surface area contributed by atoms with Gasteiger partial charge >= 0.3 is 0 Å². The van der Waals surface area contributed by atoms with Crippen LogP contribution in [0.15, 0.2) is 48.5 Å². The molecule has 0 radical (unpaired) electrons. The molecule has 4 rings (SSSR count). The molecule has 0 aromatic heterocycles. The summed E-state index contributed by atoms with van der Waals surface area (Å²) >= 11 is 0. The molecular weight excluding hydrogens is 428 g/mol. The molecule has 2 aliphatic rings. The number of carbonyl (C=O) groups excluding carboxylic acids is 2. The van der Waals surface area contributed by atoms with Crippen molar-refractivity contribution in [1.29, 1.82) is 0 Å². The number of ether oxygens (including phenoxy) is 1. The first-order chi connectivity index (χ1) is 16.4. The Labute approximate surface area is 202 Å². The summed E-state index contributed by atoms with van der Waals surface area (Å²) in [7, 11) is 0. The predicted octanol–water partition coefficient (Wildman–Crippen LogP) is 2.93. The molecule has 7 heteroatoms. The van der Waals surface area contributed by atoms with Crippen LogP contribution >= 0.6 is 0 Å². The third-order valence-electron chi connectivity index (χ3n) is 6.50. The number of hydrogen-bond donors (Lipinski definition) is 1. The van der Waals surface area contributed by atoms with Crippen LogP contribution in [0.1, 0.15) is 25.0 Å². The summed E-state index contributed by atoms with van der Waals surface area (Å²) in [4.78, 5) is 31.5. The van der Waals surface area contributed by atoms with E-state index in [0.717, 1.165) is 30.0 Å². The Balaban J connectivity index is 1.20. The van der Waals surface area contributed by atoms with Crippen LogP contribution in [0.5, 0.6) is 0 Å². The topological polar surface area (TPSA) is 65.1 Å². The van der Waals surface area contributed by atoms with E-state index in [9.17, 15) is 9.59 Å². The zero-order valence-electron chi connectivity index (χ0n) is 20.5. The van der Waals surface area contributed by atoms with E-state index in [1.54, 1.807) is 0 Å². The Morgan fingerprint density at radius 2 is 1.53 bits per heavy atom. The molecule has 182 valence electrons. The molecule has 0 spiro atoms. The van der Waals surface area contributed by atoms with Crippen LogP contribution in [0.2, 0.25) is 0 Å². The lowest BCUT2D eigenvalue weighted by Gasteiger charge is -2.37. The number of nitrogens with zero attached hydrogens (tertiary/aromatic N) is 3. The van der Waals surface area contributed by atoms with Gasteiger partial charge in [0.25, 0.3) is 0 Å². The highest BCUT2D eigenvalue weighted by Crippen LogP contribution is 2.22. The second-order valence-electron chi connectivity index (χ2n) is 9.58. The highest BCUT2D eigenvalue weighted by molar-refractivity contribution is 5.92. The van der Waals surface area contributed by atoms with Gasteiger partial charge in [-0.25, -0.2) is 0 Å². The van der Waals surface area contributed by atoms with Gasteiger partial charge < -0.3 is 19.9 Å². The van der Waals surface area contributed by atoms with Crippen molar-refractivity contribution < 1.29 is 14.3 Å². The molecule has 2 heterocycles. The second kappa shape index (κ2) is 11.0. The first kappa shape index (κ1) is 24.2. The number of piperazine rings is 1. The van der Waals surface area contributed by atoms with Crippen molar-refractivity contribution in [1.82, 2.24) is 9.80 Å². The van der Waals surface area contributed by atoms with E-state index in [1.165, 1.54) is 5.56 Å². The average molecular weight is 465 g/mol. The minimum Gasteiger partial charge on any atom is -0.372 e. The highest BCUT2D eigenvalue weighted by atomic mass is 16.5. The van der Waals surface area contributed by atoms with E-state index in [4.69, 9.17) is 4.74 Å². The Morgan fingerprint density at radius 1 is 0.912 bits per heavy atom. The van der Waals surface area contributed by atoms with Crippen LogP contribution in [0.3, 0.4) is 0 Å². The number of benzene rings is 2. The van der Waals surface area contributed by atoms with Crippen molar-refractivity contribution in [3.63, 3.8) is 0 Å². The standard InChI is InChI=1S/C27H36N4O3/c1-20-4-6-23(7-5-20)16-27(33)30-14-12-29(13-15-30)19-26(32)28-24-8-10-25(11-9-24)31-17-21(2)34-22(3)18-31/h4-11,21-22H,12-19H2,1-3H3,(H,28,32). The van der Waals surface area contributed by atoms with Gasteiger partial charge in [-0.1, -0.05) is 29.8 Å². The number of nitrogens with one attached hydrogen (secondary N) is 1. The lowest BCUT2D eigenvalue weighted by atomic mass is 10.1. The summed E-state index contributed by atoms with van der Waals surface area (Å²) in [6.45, 7) is 11.0. The van der Waals surface area contributed by atoms with E-state index in [1.807, 2.05) is 48.2 Å². The minimum atomic E-state index is -0.0270. The molecule has 2 saturated heterocycles. The molecule has 2 fully saturated rings. The molecule has 2 atom stereocenters. The molecule has 2 aliphatic heterocycles. The normalized spacial score (nSPS) is 21.4. The van der Waals surface area contributed by atoms with Crippen molar-refractivity contribution in [3.05, 3.63) is 59.7 Å². The van der Waals surface area contributed by atoms with Crippen molar-refractivity contribution >= 4 is 23.2 Å².